The Kier molecular flexibility index (Phi) is 5.45. The van der Waals surface area contributed by atoms with Crippen molar-refractivity contribution >= 4 is 21.6 Å². The number of hydrogen-bond acceptors (Lipinski definition) is 3. The molecule has 0 bridgehead atoms. The molecular weight excluding hydrogens is 396 g/mol. The molecule has 6 heteroatoms. The number of hydrogen-bond donors (Lipinski definition) is 1. The van der Waals surface area contributed by atoms with E-state index in [1.165, 1.54) is 4.31 Å². The third kappa shape index (κ3) is 4.01. The monoisotopic (exact) mass is 420 g/mol. The Balaban J connectivity index is 1.72. The van der Waals surface area contributed by atoms with Gasteiger partial charge < -0.3 is 5.32 Å². The van der Waals surface area contributed by atoms with Gasteiger partial charge in [0.2, 0.25) is 15.9 Å². The van der Waals surface area contributed by atoms with E-state index in [1.54, 1.807) is 30.3 Å². The summed E-state index contributed by atoms with van der Waals surface area (Å²) in [5.74, 6) is -0.325. The van der Waals surface area contributed by atoms with E-state index in [-0.39, 0.29) is 17.3 Å². The van der Waals surface area contributed by atoms with Crippen LogP contribution in [0.2, 0.25) is 0 Å². The first-order valence-electron chi connectivity index (χ1n) is 9.87. The van der Waals surface area contributed by atoms with Gasteiger partial charge in [0.15, 0.2) is 0 Å². The van der Waals surface area contributed by atoms with E-state index >= 15 is 0 Å². The topological polar surface area (TPSA) is 66.5 Å². The highest BCUT2D eigenvalue weighted by Gasteiger charge is 2.39. The van der Waals surface area contributed by atoms with Crippen LogP contribution >= 0.6 is 0 Å². The minimum absolute atomic E-state index is 0.165. The number of amides is 1. The summed E-state index contributed by atoms with van der Waals surface area (Å²) in [6.45, 7) is 4.09. The van der Waals surface area contributed by atoms with Crippen LogP contribution in [0.4, 0.5) is 5.69 Å². The molecule has 1 atom stereocenters. The van der Waals surface area contributed by atoms with Gasteiger partial charge in [0.05, 0.1) is 4.90 Å². The molecule has 0 saturated carbocycles. The van der Waals surface area contributed by atoms with E-state index in [1.807, 2.05) is 56.3 Å². The van der Waals surface area contributed by atoms with Crippen molar-refractivity contribution in [2.75, 3.05) is 5.32 Å². The van der Waals surface area contributed by atoms with Crippen LogP contribution in [0.15, 0.2) is 77.7 Å². The lowest BCUT2D eigenvalue weighted by Crippen LogP contribution is -2.50. The Morgan fingerprint density at radius 1 is 0.900 bits per heavy atom. The van der Waals surface area contributed by atoms with Crippen molar-refractivity contribution in [3.05, 3.63) is 95.1 Å². The maximum Gasteiger partial charge on any atom is 0.244 e. The first kappa shape index (κ1) is 20.3. The lowest BCUT2D eigenvalue weighted by atomic mass is 9.95. The van der Waals surface area contributed by atoms with Gasteiger partial charge in [-0.1, -0.05) is 48.5 Å². The molecule has 3 aromatic rings. The lowest BCUT2D eigenvalue weighted by Gasteiger charge is -2.35. The largest absolute Gasteiger partial charge is 0.325 e. The van der Waals surface area contributed by atoms with Gasteiger partial charge in [-0.25, -0.2) is 8.42 Å². The standard InChI is InChI=1S/C24H24N2O3S/c1-17-12-18(2)14-21(13-17)25-24(27)23-15-19-8-6-7-9-20(19)16-26(23)30(28,29)22-10-4-3-5-11-22/h3-14,23H,15-16H2,1-2H3,(H,25,27)/t23-/m0/s1. The average molecular weight is 421 g/mol. The number of fused-ring (bicyclic) bond motifs is 1. The molecule has 30 heavy (non-hydrogen) atoms. The molecule has 0 spiro atoms. The number of nitrogens with one attached hydrogen (secondary N) is 1. The van der Waals surface area contributed by atoms with Crippen molar-refractivity contribution in [2.24, 2.45) is 0 Å². The summed E-state index contributed by atoms with van der Waals surface area (Å²) in [4.78, 5) is 13.5. The van der Waals surface area contributed by atoms with Crippen molar-refractivity contribution in [2.45, 2.75) is 37.8 Å². The van der Waals surface area contributed by atoms with Crippen LogP contribution in [0, 0.1) is 13.8 Å². The van der Waals surface area contributed by atoms with Gasteiger partial charge in [-0.15, -0.1) is 0 Å². The van der Waals surface area contributed by atoms with E-state index in [9.17, 15) is 13.2 Å². The minimum Gasteiger partial charge on any atom is -0.325 e. The number of rotatable bonds is 4. The fourth-order valence-corrected chi connectivity index (χ4v) is 5.56. The van der Waals surface area contributed by atoms with E-state index in [4.69, 9.17) is 0 Å². The van der Waals surface area contributed by atoms with Crippen molar-refractivity contribution < 1.29 is 13.2 Å². The zero-order valence-electron chi connectivity index (χ0n) is 17.0. The van der Waals surface area contributed by atoms with Crippen LogP contribution in [-0.4, -0.2) is 24.7 Å². The maximum absolute atomic E-state index is 13.4. The van der Waals surface area contributed by atoms with Crippen molar-refractivity contribution in [1.29, 1.82) is 0 Å². The lowest BCUT2D eigenvalue weighted by molar-refractivity contribution is -0.120. The van der Waals surface area contributed by atoms with Crippen LogP contribution in [-0.2, 0) is 27.8 Å². The summed E-state index contributed by atoms with van der Waals surface area (Å²) in [5.41, 5.74) is 4.67. The number of benzene rings is 3. The molecule has 0 aromatic heterocycles. The van der Waals surface area contributed by atoms with Gasteiger partial charge in [0.25, 0.3) is 0 Å². The molecule has 0 radical (unpaired) electrons. The highest BCUT2D eigenvalue weighted by molar-refractivity contribution is 7.89. The molecule has 4 rings (SSSR count). The molecule has 0 unspecified atom stereocenters. The number of sulfonamides is 1. The summed E-state index contributed by atoms with van der Waals surface area (Å²) in [7, 11) is -3.84. The second-order valence-corrected chi connectivity index (χ2v) is 9.61. The molecule has 5 nitrogen and oxygen atoms in total. The fraction of sp³-hybridized carbons (Fsp3) is 0.208. The van der Waals surface area contributed by atoms with Gasteiger partial charge in [0.1, 0.15) is 6.04 Å². The molecular formula is C24H24N2O3S. The van der Waals surface area contributed by atoms with Crippen LogP contribution in [0.3, 0.4) is 0 Å². The zero-order valence-corrected chi connectivity index (χ0v) is 17.8. The molecule has 1 heterocycles. The molecule has 1 N–H and O–H groups in total. The first-order chi connectivity index (χ1) is 14.3. The quantitative estimate of drug-likeness (QED) is 0.692. The fourth-order valence-electron chi connectivity index (χ4n) is 3.98. The van der Waals surface area contributed by atoms with Crippen LogP contribution < -0.4 is 5.32 Å². The zero-order chi connectivity index (χ0) is 21.3. The third-order valence-corrected chi connectivity index (χ3v) is 7.22. The molecule has 0 aliphatic carbocycles. The van der Waals surface area contributed by atoms with Gasteiger partial charge in [-0.05, 0) is 66.8 Å². The van der Waals surface area contributed by atoms with Crippen molar-refractivity contribution in [3.8, 4) is 0 Å². The smallest absolute Gasteiger partial charge is 0.244 e. The minimum atomic E-state index is -3.84. The summed E-state index contributed by atoms with van der Waals surface area (Å²) in [5, 5.41) is 2.93. The van der Waals surface area contributed by atoms with Crippen LogP contribution in [0.1, 0.15) is 22.3 Å². The van der Waals surface area contributed by atoms with Crippen molar-refractivity contribution in [1.82, 2.24) is 4.31 Å². The Labute approximate surface area is 177 Å². The Morgan fingerprint density at radius 2 is 1.50 bits per heavy atom. The summed E-state index contributed by atoms with van der Waals surface area (Å²) < 4.78 is 28.2. The number of aryl methyl sites for hydroxylation is 2. The number of carbonyl (C=O) groups excluding carboxylic acids is 1. The van der Waals surface area contributed by atoms with E-state index in [0.29, 0.717) is 12.1 Å². The van der Waals surface area contributed by atoms with E-state index < -0.39 is 16.1 Å². The number of carbonyl (C=O) groups is 1. The van der Waals surface area contributed by atoms with Gasteiger partial charge in [0, 0.05) is 12.2 Å². The summed E-state index contributed by atoms with van der Waals surface area (Å²) >= 11 is 0. The maximum atomic E-state index is 13.4. The average Bonchev–Trinajstić information content (AvgIpc) is 2.72. The predicted octanol–water partition coefficient (Wildman–Crippen LogP) is 4.06. The number of nitrogens with zero attached hydrogens (tertiary/aromatic N) is 1. The first-order valence-corrected chi connectivity index (χ1v) is 11.3. The summed E-state index contributed by atoms with van der Waals surface area (Å²) in [6, 6.07) is 20.9. The Morgan fingerprint density at radius 3 is 2.17 bits per heavy atom. The normalized spacial score (nSPS) is 16.7. The molecule has 1 aliphatic heterocycles. The third-order valence-electron chi connectivity index (χ3n) is 5.35. The van der Waals surface area contributed by atoms with Gasteiger partial charge in [-0.2, -0.15) is 4.31 Å². The van der Waals surface area contributed by atoms with Gasteiger partial charge >= 0.3 is 0 Å². The molecule has 154 valence electrons. The van der Waals surface area contributed by atoms with E-state index in [0.717, 1.165) is 22.3 Å². The second kappa shape index (κ2) is 8.05. The second-order valence-electron chi connectivity index (χ2n) is 7.72. The molecule has 1 amide bonds. The van der Waals surface area contributed by atoms with Crippen molar-refractivity contribution in [3.63, 3.8) is 0 Å². The molecule has 0 fully saturated rings. The highest BCUT2D eigenvalue weighted by atomic mass is 32.2. The number of anilines is 1. The summed E-state index contributed by atoms with van der Waals surface area (Å²) in [6.07, 6.45) is 0.332. The van der Waals surface area contributed by atoms with Crippen LogP contribution in [0.5, 0.6) is 0 Å². The predicted molar refractivity (Wildman–Crippen MR) is 118 cm³/mol. The Hall–Kier alpha value is -2.96. The molecule has 1 aliphatic rings. The van der Waals surface area contributed by atoms with Gasteiger partial charge in [-0.3, -0.25) is 4.79 Å². The highest BCUT2D eigenvalue weighted by Crippen LogP contribution is 2.30. The Bertz CT molecular complexity index is 1170. The molecule has 0 saturated heterocycles. The SMILES string of the molecule is Cc1cc(C)cc(NC(=O)[C@@H]2Cc3ccccc3CN2S(=O)(=O)c2ccccc2)c1. The van der Waals surface area contributed by atoms with Crippen LogP contribution in [0.25, 0.3) is 0 Å². The van der Waals surface area contributed by atoms with E-state index in [2.05, 4.69) is 5.32 Å². The molecule has 3 aromatic carbocycles.